The van der Waals surface area contributed by atoms with Crippen LogP contribution >= 0.6 is 23.2 Å². The molecule has 1 aromatic carbocycles. The van der Waals surface area contributed by atoms with Crippen molar-refractivity contribution in [2.75, 3.05) is 0 Å². The highest BCUT2D eigenvalue weighted by Crippen LogP contribution is 2.21. The predicted octanol–water partition coefficient (Wildman–Crippen LogP) is 4.38. The molecule has 0 bridgehead atoms. The van der Waals surface area contributed by atoms with Gasteiger partial charge in [-0.1, -0.05) is 42.3 Å². The van der Waals surface area contributed by atoms with E-state index in [1.807, 2.05) is 13.8 Å². The summed E-state index contributed by atoms with van der Waals surface area (Å²) in [4.78, 5) is 8.60. The fourth-order valence-corrected chi connectivity index (χ4v) is 2.26. The average Bonchev–Trinajstić information content (AvgIpc) is 2.39. The average molecular weight is 299 g/mol. The summed E-state index contributed by atoms with van der Waals surface area (Å²) in [6, 6.07) is 4.89. The number of aryl methyl sites for hydroxylation is 1. The summed E-state index contributed by atoms with van der Waals surface area (Å²) in [6.45, 7) is 3.88. The Balaban J connectivity index is 2.38. The molecule has 0 N–H and O–H groups in total. The van der Waals surface area contributed by atoms with Crippen molar-refractivity contribution >= 4 is 23.2 Å². The van der Waals surface area contributed by atoms with Gasteiger partial charge in [0.2, 0.25) is 0 Å². The van der Waals surface area contributed by atoms with Gasteiger partial charge in [0, 0.05) is 17.7 Å². The molecule has 0 fully saturated rings. The van der Waals surface area contributed by atoms with Crippen molar-refractivity contribution in [1.82, 2.24) is 9.97 Å². The fourth-order valence-electron chi connectivity index (χ4n) is 1.86. The zero-order valence-corrected chi connectivity index (χ0v) is 12.2. The number of halogens is 3. The largest absolute Gasteiger partial charge is 0.237 e. The Morgan fingerprint density at radius 2 is 1.95 bits per heavy atom. The molecule has 19 heavy (non-hydrogen) atoms. The van der Waals surface area contributed by atoms with E-state index >= 15 is 0 Å². The Morgan fingerprint density at radius 3 is 2.63 bits per heavy atom. The molecule has 100 valence electrons. The van der Waals surface area contributed by atoms with Gasteiger partial charge < -0.3 is 0 Å². The number of nitrogens with zero attached hydrogens (tertiary/aromatic N) is 2. The molecule has 1 heterocycles. The molecule has 0 radical (unpaired) electrons. The summed E-state index contributed by atoms with van der Waals surface area (Å²) in [5.41, 5.74) is 2.23. The highest BCUT2D eigenvalue weighted by molar-refractivity contribution is 6.30. The summed E-state index contributed by atoms with van der Waals surface area (Å²) in [5, 5.41) is 0.524. The van der Waals surface area contributed by atoms with Gasteiger partial charge >= 0.3 is 0 Å². The Bertz CT molecular complexity index is 615. The van der Waals surface area contributed by atoms with Gasteiger partial charge in [0.05, 0.1) is 5.02 Å². The van der Waals surface area contributed by atoms with Crippen molar-refractivity contribution in [2.45, 2.75) is 26.7 Å². The Hall–Kier alpha value is -1.19. The van der Waals surface area contributed by atoms with Crippen LogP contribution in [0.4, 0.5) is 4.39 Å². The number of aromatic nitrogens is 2. The summed E-state index contributed by atoms with van der Waals surface area (Å²) in [7, 11) is 0. The van der Waals surface area contributed by atoms with Crippen LogP contribution in [0.3, 0.4) is 0 Å². The molecule has 2 rings (SSSR count). The van der Waals surface area contributed by atoms with Crippen LogP contribution in [0.15, 0.2) is 18.2 Å². The molecule has 0 aliphatic heterocycles. The second kappa shape index (κ2) is 5.85. The molecule has 1 aromatic heterocycles. The zero-order valence-electron chi connectivity index (χ0n) is 10.7. The van der Waals surface area contributed by atoms with Crippen LogP contribution in [0.25, 0.3) is 0 Å². The first-order valence-corrected chi connectivity index (χ1v) is 6.73. The second-order valence-corrected chi connectivity index (χ2v) is 5.01. The van der Waals surface area contributed by atoms with Gasteiger partial charge in [-0.25, -0.2) is 14.4 Å². The molecular formula is C14H13Cl2FN2. The van der Waals surface area contributed by atoms with Gasteiger partial charge in [0.1, 0.15) is 16.8 Å². The lowest BCUT2D eigenvalue weighted by Gasteiger charge is -2.08. The quantitative estimate of drug-likeness (QED) is 0.786. The Kier molecular flexibility index (Phi) is 4.38. The van der Waals surface area contributed by atoms with Gasteiger partial charge in [-0.05, 0) is 25.0 Å². The second-order valence-electron chi connectivity index (χ2n) is 4.25. The van der Waals surface area contributed by atoms with Crippen molar-refractivity contribution in [3.05, 3.63) is 56.8 Å². The summed E-state index contributed by atoms with van der Waals surface area (Å²) in [5.74, 6) is 0.0797. The molecule has 2 nitrogen and oxygen atoms in total. The third-order valence-electron chi connectivity index (χ3n) is 2.95. The van der Waals surface area contributed by atoms with E-state index < -0.39 is 5.82 Å². The van der Waals surface area contributed by atoms with E-state index in [0.29, 0.717) is 16.5 Å². The lowest BCUT2D eigenvalue weighted by molar-refractivity contribution is 0.612. The third kappa shape index (κ3) is 3.04. The lowest BCUT2D eigenvalue weighted by Crippen LogP contribution is -2.04. The molecule has 0 unspecified atom stereocenters. The van der Waals surface area contributed by atoms with E-state index in [-0.39, 0.29) is 11.4 Å². The fraction of sp³-hybridized carbons (Fsp3) is 0.286. The SMILES string of the molecule is CCc1nc(Cc2cccc(Cl)c2F)nc(Cl)c1C. The minimum Gasteiger partial charge on any atom is -0.237 e. The normalized spacial score (nSPS) is 10.8. The summed E-state index contributed by atoms with van der Waals surface area (Å²) in [6.07, 6.45) is 1.04. The highest BCUT2D eigenvalue weighted by atomic mass is 35.5. The molecule has 0 spiro atoms. The maximum atomic E-state index is 13.8. The van der Waals surface area contributed by atoms with E-state index in [9.17, 15) is 4.39 Å². The smallest absolute Gasteiger partial charge is 0.145 e. The molecular weight excluding hydrogens is 286 g/mol. The number of hydrogen-bond acceptors (Lipinski definition) is 2. The Labute approximate surface area is 121 Å². The standard InChI is InChI=1S/C14H13Cl2FN2/c1-3-11-8(2)14(16)19-12(18-11)7-9-5-4-6-10(15)13(9)17/h4-6H,3,7H2,1-2H3. The molecule has 2 aromatic rings. The van der Waals surface area contributed by atoms with Crippen LogP contribution in [-0.4, -0.2) is 9.97 Å². The highest BCUT2D eigenvalue weighted by Gasteiger charge is 2.12. The van der Waals surface area contributed by atoms with Crippen molar-refractivity contribution < 1.29 is 4.39 Å². The first-order valence-electron chi connectivity index (χ1n) is 5.97. The summed E-state index contributed by atoms with van der Waals surface area (Å²) >= 11 is 11.8. The maximum absolute atomic E-state index is 13.8. The molecule has 0 atom stereocenters. The van der Waals surface area contributed by atoms with E-state index in [0.717, 1.165) is 17.7 Å². The third-order valence-corrected chi connectivity index (χ3v) is 3.61. The van der Waals surface area contributed by atoms with Crippen LogP contribution in [0.5, 0.6) is 0 Å². The first-order chi connectivity index (χ1) is 9.02. The van der Waals surface area contributed by atoms with E-state index in [2.05, 4.69) is 9.97 Å². The van der Waals surface area contributed by atoms with Crippen molar-refractivity contribution in [1.29, 1.82) is 0 Å². The van der Waals surface area contributed by atoms with Crippen LogP contribution in [0.2, 0.25) is 10.2 Å². The maximum Gasteiger partial charge on any atom is 0.145 e. The van der Waals surface area contributed by atoms with E-state index in [1.54, 1.807) is 12.1 Å². The number of benzene rings is 1. The van der Waals surface area contributed by atoms with Gasteiger partial charge in [-0.3, -0.25) is 0 Å². The van der Waals surface area contributed by atoms with Gasteiger partial charge in [0.15, 0.2) is 0 Å². The van der Waals surface area contributed by atoms with E-state index in [4.69, 9.17) is 23.2 Å². The predicted molar refractivity (Wildman–Crippen MR) is 75.4 cm³/mol. The number of rotatable bonds is 3. The minimum absolute atomic E-state index is 0.103. The molecule has 0 aliphatic rings. The minimum atomic E-state index is -0.428. The van der Waals surface area contributed by atoms with E-state index in [1.165, 1.54) is 6.07 Å². The number of hydrogen-bond donors (Lipinski definition) is 0. The van der Waals surface area contributed by atoms with Crippen molar-refractivity contribution in [2.24, 2.45) is 0 Å². The lowest BCUT2D eigenvalue weighted by atomic mass is 10.1. The zero-order chi connectivity index (χ0) is 14.0. The van der Waals surface area contributed by atoms with Gasteiger partial charge in [0.25, 0.3) is 0 Å². The van der Waals surface area contributed by atoms with Gasteiger partial charge in [-0.2, -0.15) is 0 Å². The van der Waals surface area contributed by atoms with Crippen molar-refractivity contribution in [3.8, 4) is 0 Å². The van der Waals surface area contributed by atoms with Crippen LogP contribution < -0.4 is 0 Å². The van der Waals surface area contributed by atoms with Gasteiger partial charge in [-0.15, -0.1) is 0 Å². The topological polar surface area (TPSA) is 25.8 Å². The molecule has 0 aliphatic carbocycles. The van der Waals surface area contributed by atoms with Crippen LogP contribution in [-0.2, 0) is 12.8 Å². The molecule has 0 amide bonds. The molecule has 0 saturated heterocycles. The first kappa shape index (κ1) is 14.2. The Morgan fingerprint density at radius 1 is 1.21 bits per heavy atom. The van der Waals surface area contributed by atoms with Crippen LogP contribution in [0, 0.1) is 12.7 Å². The van der Waals surface area contributed by atoms with Crippen LogP contribution in [0.1, 0.15) is 29.6 Å². The monoisotopic (exact) mass is 298 g/mol. The van der Waals surface area contributed by atoms with Crippen molar-refractivity contribution in [3.63, 3.8) is 0 Å². The molecule has 0 saturated carbocycles. The summed E-state index contributed by atoms with van der Waals surface area (Å²) < 4.78 is 13.8. The molecule has 5 heteroatoms.